The third-order valence-electron chi connectivity index (χ3n) is 3.47. The Balaban J connectivity index is 2.00. The van der Waals surface area contributed by atoms with Gasteiger partial charge in [-0.3, -0.25) is 9.59 Å². The molecule has 0 aliphatic heterocycles. The number of carbonyl (C=O) groups is 2. The van der Waals surface area contributed by atoms with Crippen LogP contribution < -0.4 is 16.0 Å². The van der Waals surface area contributed by atoms with Crippen LogP contribution in [0.1, 0.15) is 10.4 Å². The van der Waals surface area contributed by atoms with Crippen LogP contribution in [-0.4, -0.2) is 30.7 Å². The van der Waals surface area contributed by atoms with Crippen molar-refractivity contribution in [2.45, 2.75) is 4.90 Å². The first-order chi connectivity index (χ1) is 13.2. The van der Waals surface area contributed by atoms with Gasteiger partial charge in [-0.1, -0.05) is 30.3 Å². The highest BCUT2D eigenvalue weighted by Crippen LogP contribution is 2.26. The third kappa shape index (κ3) is 6.20. The van der Waals surface area contributed by atoms with E-state index in [4.69, 9.17) is 5.26 Å². The zero-order valence-electron chi connectivity index (χ0n) is 14.7. The molecule has 138 valence electrons. The molecule has 0 unspecified atom stereocenters. The fraction of sp³-hybridized carbons (Fsp3) is 0.150. The van der Waals surface area contributed by atoms with Crippen molar-refractivity contribution >= 4 is 35.0 Å². The molecule has 0 saturated carbocycles. The molecule has 2 amide bonds. The van der Waals surface area contributed by atoms with Crippen molar-refractivity contribution in [2.24, 2.45) is 0 Å². The van der Waals surface area contributed by atoms with Crippen LogP contribution in [0.4, 0.5) is 11.4 Å². The lowest BCUT2D eigenvalue weighted by Crippen LogP contribution is -2.26. The van der Waals surface area contributed by atoms with Crippen LogP contribution in [0.2, 0.25) is 0 Å². The van der Waals surface area contributed by atoms with Gasteiger partial charge < -0.3 is 16.0 Å². The number of amides is 2. The highest BCUT2D eigenvalue weighted by molar-refractivity contribution is 7.99. The Kier molecular flexibility index (Phi) is 7.94. The predicted molar refractivity (Wildman–Crippen MR) is 109 cm³/mol. The van der Waals surface area contributed by atoms with Crippen LogP contribution in [0.3, 0.4) is 0 Å². The fourth-order valence-electron chi connectivity index (χ4n) is 2.27. The molecule has 0 saturated heterocycles. The molecule has 6 nitrogen and oxygen atoms in total. The van der Waals surface area contributed by atoms with E-state index in [1.165, 1.54) is 11.8 Å². The molecule has 0 aromatic heterocycles. The highest BCUT2D eigenvalue weighted by Gasteiger charge is 2.12. The average Bonchev–Trinajstić information content (AvgIpc) is 2.70. The Morgan fingerprint density at radius 3 is 2.56 bits per heavy atom. The van der Waals surface area contributed by atoms with Crippen LogP contribution in [0.25, 0.3) is 0 Å². The van der Waals surface area contributed by atoms with Crippen molar-refractivity contribution < 1.29 is 9.59 Å². The van der Waals surface area contributed by atoms with E-state index < -0.39 is 0 Å². The summed E-state index contributed by atoms with van der Waals surface area (Å²) in [6.07, 6.45) is 1.60. The Labute approximate surface area is 162 Å². The molecular weight excluding hydrogens is 360 g/mol. The van der Waals surface area contributed by atoms with Crippen molar-refractivity contribution in [1.82, 2.24) is 5.32 Å². The number of para-hydroxylation sites is 2. The molecule has 0 radical (unpaired) electrons. The molecule has 0 heterocycles. The second-order valence-electron chi connectivity index (χ2n) is 5.39. The second-order valence-corrected chi connectivity index (χ2v) is 6.41. The second kappa shape index (κ2) is 10.7. The van der Waals surface area contributed by atoms with E-state index in [2.05, 4.69) is 28.6 Å². The lowest BCUT2D eigenvalue weighted by molar-refractivity contribution is -0.114. The lowest BCUT2D eigenvalue weighted by Gasteiger charge is -2.13. The van der Waals surface area contributed by atoms with Crippen LogP contribution in [0, 0.1) is 11.3 Å². The minimum absolute atomic E-state index is 0.00298. The summed E-state index contributed by atoms with van der Waals surface area (Å²) in [5.41, 5.74) is 1.68. The number of benzene rings is 2. The molecule has 27 heavy (non-hydrogen) atoms. The molecule has 0 fully saturated rings. The number of carbonyl (C=O) groups excluding carboxylic acids is 2. The van der Waals surface area contributed by atoms with E-state index in [-0.39, 0.29) is 18.4 Å². The zero-order valence-corrected chi connectivity index (χ0v) is 15.5. The first-order valence-electron chi connectivity index (χ1n) is 8.26. The Morgan fingerprint density at radius 1 is 1.11 bits per heavy atom. The summed E-state index contributed by atoms with van der Waals surface area (Å²) in [6.45, 7) is 3.94. The van der Waals surface area contributed by atoms with E-state index in [0.29, 0.717) is 29.2 Å². The van der Waals surface area contributed by atoms with Crippen molar-refractivity contribution in [2.75, 3.05) is 29.5 Å². The summed E-state index contributed by atoms with van der Waals surface area (Å²) in [6, 6.07) is 16.4. The Hall–Kier alpha value is -3.24. The maximum absolute atomic E-state index is 12.3. The Bertz CT molecular complexity index is 861. The number of rotatable bonds is 9. The standard InChI is InChI=1S/C20H20N4O2S/c1-2-12-22-20(26)15-7-3-4-8-16(15)23-14-19(25)24-17-9-5-6-10-18(17)27-13-11-21/h2-10,23H,1,12-14H2,(H,22,26)(H,24,25). The maximum atomic E-state index is 12.3. The molecule has 0 atom stereocenters. The summed E-state index contributed by atoms with van der Waals surface area (Å²) in [5, 5.41) is 17.3. The fourth-order valence-corrected chi connectivity index (χ4v) is 2.94. The molecule has 7 heteroatoms. The topological polar surface area (TPSA) is 94.0 Å². The normalized spacial score (nSPS) is 9.74. The van der Waals surface area contributed by atoms with Crippen molar-refractivity contribution in [3.63, 3.8) is 0 Å². The summed E-state index contributed by atoms with van der Waals surface area (Å²) >= 11 is 1.36. The van der Waals surface area contributed by atoms with Gasteiger partial charge in [-0.2, -0.15) is 5.26 Å². The Morgan fingerprint density at radius 2 is 1.81 bits per heavy atom. The SMILES string of the molecule is C=CCNC(=O)c1ccccc1NCC(=O)Nc1ccccc1SCC#N. The first-order valence-corrected chi connectivity index (χ1v) is 9.25. The van der Waals surface area contributed by atoms with Gasteiger partial charge in [0.1, 0.15) is 0 Å². The maximum Gasteiger partial charge on any atom is 0.253 e. The largest absolute Gasteiger partial charge is 0.376 e. The summed E-state index contributed by atoms with van der Waals surface area (Å²) < 4.78 is 0. The van der Waals surface area contributed by atoms with Gasteiger partial charge in [0, 0.05) is 17.1 Å². The third-order valence-corrected chi connectivity index (χ3v) is 4.41. The van der Waals surface area contributed by atoms with E-state index >= 15 is 0 Å². The smallest absolute Gasteiger partial charge is 0.253 e. The van der Waals surface area contributed by atoms with Gasteiger partial charge in [-0.15, -0.1) is 18.3 Å². The quantitative estimate of drug-likeness (QED) is 0.458. The molecule has 0 aliphatic carbocycles. The van der Waals surface area contributed by atoms with Gasteiger partial charge in [0.05, 0.1) is 29.6 Å². The molecule has 2 aromatic carbocycles. The van der Waals surface area contributed by atoms with E-state index in [1.807, 2.05) is 18.2 Å². The minimum Gasteiger partial charge on any atom is -0.376 e. The van der Waals surface area contributed by atoms with Gasteiger partial charge in [0.15, 0.2) is 0 Å². The number of hydrogen-bond donors (Lipinski definition) is 3. The van der Waals surface area contributed by atoms with Gasteiger partial charge in [0.25, 0.3) is 5.91 Å². The van der Waals surface area contributed by atoms with Gasteiger partial charge in [-0.05, 0) is 24.3 Å². The highest BCUT2D eigenvalue weighted by atomic mass is 32.2. The van der Waals surface area contributed by atoms with Crippen molar-refractivity contribution in [1.29, 1.82) is 5.26 Å². The van der Waals surface area contributed by atoms with Crippen molar-refractivity contribution in [3.05, 3.63) is 66.7 Å². The molecular formula is C20H20N4O2S. The lowest BCUT2D eigenvalue weighted by atomic mass is 10.1. The first kappa shape index (κ1) is 20.1. The van der Waals surface area contributed by atoms with E-state index in [0.717, 1.165) is 4.90 Å². The molecule has 2 rings (SSSR count). The number of nitrogens with zero attached hydrogens (tertiary/aromatic N) is 1. The summed E-state index contributed by atoms with van der Waals surface area (Å²) in [7, 11) is 0. The molecule has 0 bridgehead atoms. The summed E-state index contributed by atoms with van der Waals surface area (Å²) in [4.78, 5) is 25.3. The molecule has 3 N–H and O–H groups in total. The molecule has 0 aliphatic rings. The van der Waals surface area contributed by atoms with Crippen molar-refractivity contribution in [3.8, 4) is 6.07 Å². The monoisotopic (exact) mass is 380 g/mol. The van der Waals surface area contributed by atoms with Gasteiger partial charge >= 0.3 is 0 Å². The number of hydrogen-bond acceptors (Lipinski definition) is 5. The number of nitriles is 1. The van der Waals surface area contributed by atoms with Gasteiger partial charge in [0.2, 0.25) is 5.91 Å². The number of thioether (sulfide) groups is 1. The van der Waals surface area contributed by atoms with E-state index in [9.17, 15) is 9.59 Å². The van der Waals surface area contributed by atoms with Crippen LogP contribution >= 0.6 is 11.8 Å². The minimum atomic E-state index is -0.249. The zero-order chi connectivity index (χ0) is 19.5. The molecule has 2 aromatic rings. The van der Waals surface area contributed by atoms with Gasteiger partial charge in [-0.25, -0.2) is 0 Å². The van der Waals surface area contributed by atoms with E-state index in [1.54, 1.807) is 36.4 Å². The van der Waals surface area contributed by atoms with Crippen LogP contribution in [0.5, 0.6) is 0 Å². The summed E-state index contributed by atoms with van der Waals surface area (Å²) in [5.74, 6) is -0.184. The average molecular weight is 380 g/mol. The van der Waals surface area contributed by atoms with Crippen LogP contribution in [-0.2, 0) is 4.79 Å². The van der Waals surface area contributed by atoms with Crippen LogP contribution in [0.15, 0.2) is 66.1 Å². The molecule has 0 spiro atoms. The number of nitrogens with one attached hydrogen (secondary N) is 3. The predicted octanol–water partition coefficient (Wildman–Crippen LogP) is 3.27. The number of anilines is 2.